The Kier molecular flexibility index (Phi) is 39.9. The largest absolute Gasteiger partial charge is 0.394 e. The maximum atomic E-state index is 13.0. The number of carbonyl (C=O) groups is 1. The van der Waals surface area contributed by atoms with Gasteiger partial charge < -0.3 is 45.4 Å². The third kappa shape index (κ3) is 31.6. The molecule has 10 heteroatoms. The average Bonchev–Trinajstić information content (AvgIpc) is 3.26. The first kappa shape index (κ1) is 58.2. The SMILES string of the molecule is CCCCCCCCCCCCCCCCCCCCCCCCCC(=O)N[C@@H](CO[C@H]1OC(CO)[C@H](O)C(O)C1O)[C@H](O)[C@H](O)CCCCCCCCCCCCCCC. The summed E-state index contributed by atoms with van der Waals surface area (Å²) in [6, 6.07) is -0.985. The standard InChI is InChI=1S/C51H101NO9/c1-3-5-7-9-11-13-15-17-18-19-20-21-22-23-24-25-26-28-30-32-34-36-38-40-46(55)52-43(42-60-51-50(59)49(58)48(57)45(41-53)61-51)47(56)44(54)39-37-35-33-31-29-27-16-14-12-10-8-6-4-2/h43-45,47-51,53-54,56-59H,3-42H2,1-2H3,(H,52,55)/t43-,44+,45?,47-,48-,49?,50?,51-/m0/s1. The number of hydrogen-bond donors (Lipinski definition) is 7. The third-order valence-electron chi connectivity index (χ3n) is 13.1. The molecule has 7 N–H and O–H groups in total. The van der Waals surface area contributed by atoms with E-state index >= 15 is 0 Å². The lowest BCUT2D eigenvalue weighted by Gasteiger charge is -2.40. The Morgan fingerprint density at radius 1 is 0.508 bits per heavy atom. The molecule has 3 unspecified atom stereocenters. The summed E-state index contributed by atoms with van der Waals surface area (Å²) in [5, 5.41) is 65.3. The highest BCUT2D eigenvalue weighted by Crippen LogP contribution is 2.23. The molecular formula is C51H101NO9. The van der Waals surface area contributed by atoms with Crippen molar-refractivity contribution in [1.29, 1.82) is 0 Å². The van der Waals surface area contributed by atoms with Crippen molar-refractivity contribution in [3.8, 4) is 0 Å². The zero-order valence-electron chi connectivity index (χ0n) is 39.8. The van der Waals surface area contributed by atoms with Crippen LogP contribution in [0.3, 0.4) is 0 Å². The lowest BCUT2D eigenvalue weighted by molar-refractivity contribution is -0.303. The van der Waals surface area contributed by atoms with Crippen molar-refractivity contribution in [3.05, 3.63) is 0 Å². The molecule has 364 valence electrons. The summed E-state index contributed by atoms with van der Waals surface area (Å²) in [5.74, 6) is -0.252. The Morgan fingerprint density at radius 2 is 0.852 bits per heavy atom. The van der Waals surface area contributed by atoms with E-state index in [9.17, 15) is 35.4 Å². The van der Waals surface area contributed by atoms with Gasteiger partial charge in [0.1, 0.15) is 30.5 Å². The van der Waals surface area contributed by atoms with E-state index in [1.54, 1.807) is 0 Å². The van der Waals surface area contributed by atoms with Crippen LogP contribution >= 0.6 is 0 Å². The fourth-order valence-electron chi connectivity index (χ4n) is 8.79. The molecule has 0 saturated carbocycles. The van der Waals surface area contributed by atoms with Crippen LogP contribution in [0, 0.1) is 0 Å². The summed E-state index contributed by atoms with van der Waals surface area (Å²) in [5.41, 5.74) is 0. The second-order valence-corrected chi connectivity index (χ2v) is 18.8. The van der Waals surface area contributed by atoms with Crippen molar-refractivity contribution in [2.45, 2.75) is 307 Å². The van der Waals surface area contributed by atoms with Crippen molar-refractivity contribution >= 4 is 5.91 Å². The number of hydrogen-bond acceptors (Lipinski definition) is 9. The first-order valence-electron chi connectivity index (χ1n) is 26.3. The van der Waals surface area contributed by atoms with Gasteiger partial charge in [0.2, 0.25) is 5.91 Å². The number of amides is 1. The third-order valence-corrected chi connectivity index (χ3v) is 13.1. The maximum absolute atomic E-state index is 13.0. The summed E-state index contributed by atoms with van der Waals surface area (Å²) < 4.78 is 11.2. The number of aliphatic hydroxyl groups is 6. The van der Waals surface area contributed by atoms with E-state index in [1.807, 2.05) is 0 Å². The van der Waals surface area contributed by atoms with Crippen LogP contribution in [0.5, 0.6) is 0 Å². The smallest absolute Gasteiger partial charge is 0.220 e. The molecule has 10 nitrogen and oxygen atoms in total. The molecular weight excluding hydrogens is 771 g/mol. The Labute approximate surface area is 375 Å². The Hall–Kier alpha value is -0.850. The highest BCUT2D eigenvalue weighted by Gasteiger charge is 2.44. The van der Waals surface area contributed by atoms with Crippen LogP contribution in [-0.4, -0.2) is 98.7 Å². The molecule has 1 heterocycles. The molecule has 0 spiro atoms. The van der Waals surface area contributed by atoms with Gasteiger partial charge in [-0.15, -0.1) is 0 Å². The minimum absolute atomic E-state index is 0.252. The van der Waals surface area contributed by atoms with Crippen molar-refractivity contribution in [1.82, 2.24) is 5.32 Å². The van der Waals surface area contributed by atoms with Crippen molar-refractivity contribution in [2.24, 2.45) is 0 Å². The summed E-state index contributed by atoms with van der Waals surface area (Å²) in [7, 11) is 0. The van der Waals surface area contributed by atoms with E-state index in [-0.39, 0.29) is 18.9 Å². The summed E-state index contributed by atoms with van der Waals surface area (Å²) in [4.78, 5) is 13.0. The predicted octanol–water partition coefficient (Wildman–Crippen LogP) is 10.9. The summed E-state index contributed by atoms with van der Waals surface area (Å²) in [6.07, 6.45) is 36.9. The molecule has 1 rings (SSSR count). The van der Waals surface area contributed by atoms with Crippen LogP contribution in [0.1, 0.15) is 258 Å². The van der Waals surface area contributed by atoms with Gasteiger partial charge in [-0.3, -0.25) is 4.79 Å². The molecule has 0 aliphatic carbocycles. The van der Waals surface area contributed by atoms with E-state index in [0.29, 0.717) is 6.42 Å². The van der Waals surface area contributed by atoms with Gasteiger partial charge in [0.05, 0.1) is 25.4 Å². The number of unbranched alkanes of at least 4 members (excludes halogenated alkanes) is 34. The molecule has 0 aromatic carbocycles. The van der Waals surface area contributed by atoms with Crippen LogP contribution in [0.4, 0.5) is 0 Å². The number of carbonyl (C=O) groups excluding carboxylic acids is 1. The van der Waals surface area contributed by atoms with Crippen LogP contribution in [0.2, 0.25) is 0 Å². The average molecular weight is 872 g/mol. The summed E-state index contributed by atoms with van der Waals surface area (Å²) >= 11 is 0. The molecule has 0 bridgehead atoms. The highest BCUT2D eigenvalue weighted by atomic mass is 16.7. The molecule has 0 aromatic rings. The molecule has 1 aliphatic heterocycles. The number of ether oxygens (including phenoxy) is 2. The summed E-state index contributed by atoms with van der Waals surface area (Å²) in [6.45, 7) is 3.64. The van der Waals surface area contributed by atoms with Gasteiger partial charge in [-0.05, 0) is 12.8 Å². The lowest BCUT2D eigenvalue weighted by Crippen LogP contribution is -2.60. The predicted molar refractivity (Wildman–Crippen MR) is 250 cm³/mol. The van der Waals surface area contributed by atoms with E-state index in [2.05, 4.69) is 19.2 Å². The fourth-order valence-corrected chi connectivity index (χ4v) is 8.79. The van der Waals surface area contributed by atoms with Crippen molar-refractivity contribution in [2.75, 3.05) is 13.2 Å². The van der Waals surface area contributed by atoms with Gasteiger partial charge >= 0.3 is 0 Å². The minimum Gasteiger partial charge on any atom is -0.394 e. The fraction of sp³-hybridized carbons (Fsp3) is 0.980. The quantitative estimate of drug-likeness (QED) is 0.0295. The second-order valence-electron chi connectivity index (χ2n) is 18.8. The molecule has 61 heavy (non-hydrogen) atoms. The first-order valence-corrected chi connectivity index (χ1v) is 26.3. The van der Waals surface area contributed by atoms with E-state index in [1.165, 1.54) is 193 Å². The van der Waals surface area contributed by atoms with E-state index in [4.69, 9.17) is 9.47 Å². The van der Waals surface area contributed by atoms with Crippen molar-refractivity contribution < 1.29 is 44.9 Å². The Morgan fingerprint density at radius 3 is 1.21 bits per heavy atom. The monoisotopic (exact) mass is 872 g/mol. The number of nitrogens with one attached hydrogen (secondary N) is 1. The molecule has 1 saturated heterocycles. The second kappa shape index (κ2) is 41.8. The minimum atomic E-state index is -1.60. The molecule has 0 radical (unpaired) electrons. The Bertz CT molecular complexity index is 942. The zero-order valence-corrected chi connectivity index (χ0v) is 39.8. The molecule has 1 amide bonds. The number of rotatable bonds is 45. The van der Waals surface area contributed by atoms with Gasteiger partial charge in [0, 0.05) is 6.42 Å². The highest BCUT2D eigenvalue weighted by molar-refractivity contribution is 5.76. The van der Waals surface area contributed by atoms with Gasteiger partial charge in [0.15, 0.2) is 6.29 Å². The van der Waals surface area contributed by atoms with Crippen LogP contribution < -0.4 is 5.32 Å². The van der Waals surface area contributed by atoms with Gasteiger partial charge in [-0.25, -0.2) is 0 Å². The van der Waals surface area contributed by atoms with Crippen LogP contribution in [0.25, 0.3) is 0 Å². The van der Waals surface area contributed by atoms with E-state index in [0.717, 1.165) is 38.5 Å². The van der Waals surface area contributed by atoms with Crippen LogP contribution in [-0.2, 0) is 14.3 Å². The normalized spacial score (nSPS) is 20.8. The van der Waals surface area contributed by atoms with Gasteiger partial charge in [-0.1, -0.05) is 239 Å². The molecule has 0 aromatic heterocycles. The molecule has 8 atom stereocenters. The maximum Gasteiger partial charge on any atom is 0.220 e. The van der Waals surface area contributed by atoms with E-state index < -0.39 is 55.6 Å². The first-order chi connectivity index (χ1) is 29.8. The zero-order chi connectivity index (χ0) is 44.6. The van der Waals surface area contributed by atoms with Gasteiger partial charge in [0.25, 0.3) is 0 Å². The lowest BCUT2D eigenvalue weighted by atomic mass is 9.98. The molecule has 1 aliphatic rings. The van der Waals surface area contributed by atoms with Gasteiger partial charge in [-0.2, -0.15) is 0 Å². The molecule has 1 fully saturated rings. The number of aliphatic hydroxyl groups excluding tert-OH is 6. The topological polar surface area (TPSA) is 169 Å². The van der Waals surface area contributed by atoms with Crippen LogP contribution in [0.15, 0.2) is 0 Å². The Balaban J connectivity index is 2.26. The van der Waals surface area contributed by atoms with Crippen molar-refractivity contribution in [3.63, 3.8) is 0 Å².